The van der Waals surface area contributed by atoms with E-state index in [0.29, 0.717) is 5.56 Å². The van der Waals surface area contributed by atoms with E-state index in [9.17, 15) is 9.59 Å². The van der Waals surface area contributed by atoms with E-state index in [2.05, 4.69) is 4.74 Å². The fraction of sp³-hybridized carbons (Fsp3) is 0.333. The Balaban J connectivity index is 2.67. The molecule has 0 heterocycles. The van der Waals surface area contributed by atoms with Gasteiger partial charge in [0.2, 0.25) is 5.91 Å². The first-order valence-corrected chi connectivity index (χ1v) is 5.18. The van der Waals surface area contributed by atoms with Gasteiger partial charge in [-0.2, -0.15) is 0 Å². The minimum absolute atomic E-state index is 0.101. The molecule has 0 saturated carbocycles. The lowest BCUT2D eigenvalue weighted by Gasteiger charge is -2.20. The maximum absolute atomic E-state index is 11.9. The van der Waals surface area contributed by atoms with Gasteiger partial charge in [-0.1, -0.05) is 30.3 Å². The second-order valence-corrected chi connectivity index (χ2v) is 3.66. The molecule has 1 aromatic carbocycles. The average molecular weight is 236 g/mol. The summed E-state index contributed by atoms with van der Waals surface area (Å²) in [7, 11) is 2.79. The molecule has 5 nitrogen and oxygen atoms in total. The number of nitrogens with two attached hydrogens (primary N) is 1. The highest BCUT2D eigenvalue weighted by molar-refractivity contribution is 5.86. The minimum Gasteiger partial charge on any atom is -0.468 e. The molecular formula is C12H16N2O3. The lowest BCUT2D eigenvalue weighted by Crippen LogP contribution is -2.39. The van der Waals surface area contributed by atoms with Crippen molar-refractivity contribution in [3.05, 3.63) is 35.9 Å². The molecule has 1 aromatic rings. The van der Waals surface area contributed by atoms with E-state index in [1.807, 2.05) is 18.2 Å². The molecule has 2 N–H and O–H groups in total. The number of carbonyl (C=O) groups is 2. The van der Waals surface area contributed by atoms with Crippen molar-refractivity contribution < 1.29 is 14.3 Å². The van der Waals surface area contributed by atoms with Crippen LogP contribution in [0, 0.1) is 0 Å². The summed E-state index contributed by atoms with van der Waals surface area (Å²) >= 11 is 0. The lowest BCUT2D eigenvalue weighted by molar-refractivity contribution is -0.146. The summed E-state index contributed by atoms with van der Waals surface area (Å²) in [6, 6.07) is 8.25. The average Bonchev–Trinajstić information content (AvgIpc) is 2.37. The number of carbonyl (C=O) groups excluding carboxylic acids is 2. The molecular weight excluding hydrogens is 220 g/mol. The molecule has 0 spiro atoms. The Hall–Kier alpha value is -1.88. The molecule has 5 heteroatoms. The zero-order valence-corrected chi connectivity index (χ0v) is 9.92. The van der Waals surface area contributed by atoms with E-state index < -0.39 is 12.0 Å². The molecule has 0 saturated heterocycles. The van der Waals surface area contributed by atoms with Crippen molar-refractivity contribution in [2.75, 3.05) is 20.7 Å². The van der Waals surface area contributed by atoms with Crippen LogP contribution >= 0.6 is 0 Å². The first kappa shape index (κ1) is 13.2. The molecule has 0 unspecified atom stereocenters. The van der Waals surface area contributed by atoms with E-state index in [4.69, 9.17) is 5.73 Å². The van der Waals surface area contributed by atoms with Gasteiger partial charge in [-0.15, -0.1) is 0 Å². The number of ether oxygens (including phenoxy) is 1. The quantitative estimate of drug-likeness (QED) is 0.764. The van der Waals surface area contributed by atoms with Crippen LogP contribution in [0.2, 0.25) is 0 Å². The van der Waals surface area contributed by atoms with Gasteiger partial charge in [0.25, 0.3) is 0 Å². The number of nitrogens with zero attached hydrogens (tertiary/aromatic N) is 1. The molecule has 1 rings (SSSR count). The first-order valence-electron chi connectivity index (χ1n) is 5.18. The lowest BCUT2D eigenvalue weighted by atomic mass is 10.1. The van der Waals surface area contributed by atoms with Gasteiger partial charge in [-0.05, 0) is 5.56 Å². The summed E-state index contributed by atoms with van der Waals surface area (Å²) in [6.45, 7) is -0.101. The van der Waals surface area contributed by atoms with Crippen molar-refractivity contribution in [2.45, 2.75) is 6.04 Å². The predicted octanol–water partition coefficient (Wildman–Crippen LogP) is 0.318. The van der Waals surface area contributed by atoms with E-state index in [1.54, 1.807) is 12.1 Å². The number of methoxy groups -OCH3 is 1. The van der Waals surface area contributed by atoms with Gasteiger partial charge in [-0.25, -0.2) is 0 Å². The van der Waals surface area contributed by atoms with Crippen LogP contribution in [0.4, 0.5) is 0 Å². The summed E-state index contributed by atoms with van der Waals surface area (Å²) in [5, 5.41) is 0. The van der Waals surface area contributed by atoms with Crippen molar-refractivity contribution in [3.8, 4) is 0 Å². The van der Waals surface area contributed by atoms with Crippen molar-refractivity contribution >= 4 is 11.9 Å². The van der Waals surface area contributed by atoms with Crippen molar-refractivity contribution in [1.29, 1.82) is 0 Å². The predicted molar refractivity (Wildman–Crippen MR) is 63.0 cm³/mol. The fourth-order valence-corrected chi connectivity index (χ4v) is 1.38. The Morgan fingerprint density at radius 3 is 2.47 bits per heavy atom. The van der Waals surface area contributed by atoms with E-state index in [1.165, 1.54) is 19.1 Å². The minimum atomic E-state index is -0.758. The number of esters is 1. The number of hydrogen-bond donors (Lipinski definition) is 1. The highest BCUT2D eigenvalue weighted by atomic mass is 16.5. The Bertz CT molecular complexity index is 392. The summed E-state index contributed by atoms with van der Waals surface area (Å²) in [4.78, 5) is 24.2. The first-order chi connectivity index (χ1) is 8.06. The SMILES string of the molecule is COC(=O)CN(C)C(=O)[C@H](N)c1ccccc1. The third-order valence-corrected chi connectivity index (χ3v) is 2.39. The van der Waals surface area contributed by atoms with Crippen molar-refractivity contribution in [2.24, 2.45) is 5.73 Å². The van der Waals surface area contributed by atoms with Crippen molar-refractivity contribution in [3.63, 3.8) is 0 Å². The summed E-state index contributed by atoms with van der Waals surface area (Å²) in [5.41, 5.74) is 6.53. The molecule has 0 aliphatic rings. The smallest absolute Gasteiger partial charge is 0.325 e. The Morgan fingerprint density at radius 2 is 1.94 bits per heavy atom. The van der Waals surface area contributed by atoms with Gasteiger partial charge >= 0.3 is 5.97 Å². The standard InChI is InChI=1S/C12H16N2O3/c1-14(8-10(15)17-2)12(16)11(13)9-6-4-3-5-7-9/h3-7,11H,8,13H2,1-2H3/t11-/m1/s1. The van der Waals surface area contributed by atoms with E-state index in [-0.39, 0.29) is 12.5 Å². The van der Waals surface area contributed by atoms with Crippen LogP contribution in [0.15, 0.2) is 30.3 Å². The number of benzene rings is 1. The van der Waals surface area contributed by atoms with Gasteiger partial charge in [0.15, 0.2) is 0 Å². The molecule has 0 fully saturated rings. The highest BCUT2D eigenvalue weighted by Gasteiger charge is 2.21. The molecule has 0 aliphatic heterocycles. The number of hydrogen-bond acceptors (Lipinski definition) is 4. The maximum atomic E-state index is 11.9. The normalized spacial score (nSPS) is 11.7. The van der Waals surface area contributed by atoms with Gasteiger partial charge in [0.1, 0.15) is 12.6 Å². The summed E-state index contributed by atoms with van der Waals surface area (Å²) in [6.07, 6.45) is 0. The molecule has 1 amide bonds. The van der Waals surface area contributed by atoms with Crippen molar-refractivity contribution in [1.82, 2.24) is 4.90 Å². The second-order valence-electron chi connectivity index (χ2n) is 3.66. The van der Waals surface area contributed by atoms with Crippen LogP contribution < -0.4 is 5.73 Å². The number of likely N-dealkylation sites (N-methyl/N-ethyl adjacent to an activating group) is 1. The summed E-state index contributed by atoms with van der Waals surface area (Å²) in [5.74, 6) is -0.789. The Morgan fingerprint density at radius 1 is 1.35 bits per heavy atom. The zero-order valence-electron chi connectivity index (χ0n) is 9.92. The molecule has 1 atom stereocenters. The van der Waals surface area contributed by atoms with E-state index in [0.717, 1.165) is 0 Å². The highest BCUT2D eigenvalue weighted by Crippen LogP contribution is 2.11. The molecule has 92 valence electrons. The molecule has 0 aliphatic carbocycles. The largest absolute Gasteiger partial charge is 0.468 e. The summed E-state index contributed by atoms with van der Waals surface area (Å²) < 4.78 is 4.48. The topological polar surface area (TPSA) is 72.6 Å². The van der Waals surface area contributed by atoms with Crippen LogP contribution in [0.5, 0.6) is 0 Å². The van der Waals surface area contributed by atoms with E-state index >= 15 is 0 Å². The van der Waals surface area contributed by atoms with Gasteiger partial charge < -0.3 is 15.4 Å². The van der Waals surface area contributed by atoms with Crippen LogP contribution in [-0.2, 0) is 14.3 Å². The third kappa shape index (κ3) is 3.57. The van der Waals surface area contributed by atoms with Gasteiger partial charge in [0, 0.05) is 7.05 Å². The van der Waals surface area contributed by atoms with Crippen LogP contribution in [-0.4, -0.2) is 37.5 Å². The van der Waals surface area contributed by atoms with Gasteiger partial charge in [0.05, 0.1) is 7.11 Å². The van der Waals surface area contributed by atoms with Gasteiger partial charge in [-0.3, -0.25) is 9.59 Å². The van der Waals surface area contributed by atoms with Crippen LogP contribution in [0.3, 0.4) is 0 Å². The molecule has 0 bridgehead atoms. The molecule has 0 radical (unpaired) electrons. The monoisotopic (exact) mass is 236 g/mol. The Labute approximate surface area is 100 Å². The zero-order chi connectivity index (χ0) is 12.8. The number of amides is 1. The second kappa shape index (κ2) is 6.00. The molecule has 0 aromatic heterocycles. The molecule has 17 heavy (non-hydrogen) atoms. The van der Waals surface area contributed by atoms with Crippen LogP contribution in [0.1, 0.15) is 11.6 Å². The van der Waals surface area contributed by atoms with Crippen LogP contribution in [0.25, 0.3) is 0 Å². The Kier molecular flexibility index (Phi) is 4.66. The third-order valence-electron chi connectivity index (χ3n) is 2.39. The maximum Gasteiger partial charge on any atom is 0.325 e. The fourth-order valence-electron chi connectivity index (χ4n) is 1.38. The number of rotatable bonds is 4.